The number of rotatable bonds is 4. The van der Waals surface area contributed by atoms with E-state index in [0.717, 1.165) is 16.9 Å². The van der Waals surface area contributed by atoms with Gasteiger partial charge >= 0.3 is 0 Å². The van der Waals surface area contributed by atoms with Crippen molar-refractivity contribution >= 4 is 40.3 Å². The Bertz CT molecular complexity index is 550. The topological polar surface area (TPSA) is 38.0 Å². The zero-order valence-corrected chi connectivity index (χ0v) is 11.6. The molecule has 0 heterocycles. The standard InChI is InChI=1S/C14H14N2S2/c1-18-13-5-3-2-4-12(13)16-11-8-6-10(7-9-11)14(15)17/h2-9,16H,1H3,(H2,15,17). The summed E-state index contributed by atoms with van der Waals surface area (Å²) in [5.74, 6) is 0. The fraction of sp³-hybridized carbons (Fsp3) is 0.0714. The van der Waals surface area contributed by atoms with E-state index in [0.29, 0.717) is 4.99 Å². The molecule has 0 saturated heterocycles. The van der Waals surface area contributed by atoms with E-state index in [1.807, 2.05) is 36.4 Å². The Morgan fingerprint density at radius 3 is 2.39 bits per heavy atom. The number of anilines is 2. The number of benzene rings is 2. The molecule has 18 heavy (non-hydrogen) atoms. The molecule has 0 aliphatic heterocycles. The summed E-state index contributed by atoms with van der Waals surface area (Å²) in [4.78, 5) is 1.64. The molecule has 0 aliphatic carbocycles. The molecule has 2 aromatic rings. The highest BCUT2D eigenvalue weighted by atomic mass is 32.2. The summed E-state index contributed by atoms with van der Waals surface area (Å²) < 4.78 is 0. The van der Waals surface area contributed by atoms with Crippen molar-refractivity contribution in [2.24, 2.45) is 5.73 Å². The van der Waals surface area contributed by atoms with Crippen LogP contribution in [0.3, 0.4) is 0 Å². The Morgan fingerprint density at radius 1 is 1.11 bits per heavy atom. The minimum absolute atomic E-state index is 0.422. The fourth-order valence-corrected chi connectivity index (χ4v) is 2.31. The minimum Gasteiger partial charge on any atom is -0.389 e. The SMILES string of the molecule is CSc1ccccc1Nc1ccc(C(N)=S)cc1. The van der Waals surface area contributed by atoms with Gasteiger partial charge in [-0.1, -0.05) is 24.4 Å². The van der Waals surface area contributed by atoms with Crippen LogP contribution in [0.15, 0.2) is 53.4 Å². The third kappa shape index (κ3) is 3.03. The second-order valence-corrected chi connectivity index (χ2v) is 5.05. The highest BCUT2D eigenvalue weighted by Gasteiger charge is 2.01. The summed E-state index contributed by atoms with van der Waals surface area (Å²) in [6.07, 6.45) is 2.07. The molecule has 0 unspecified atom stereocenters. The van der Waals surface area contributed by atoms with Gasteiger partial charge in [0, 0.05) is 16.1 Å². The number of thioether (sulfide) groups is 1. The molecule has 92 valence electrons. The van der Waals surface area contributed by atoms with Gasteiger partial charge in [0.1, 0.15) is 4.99 Å². The summed E-state index contributed by atoms with van der Waals surface area (Å²) >= 11 is 6.65. The second kappa shape index (κ2) is 5.89. The summed E-state index contributed by atoms with van der Waals surface area (Å²) in [5, 5.41) is 3.38. The summed E-state index contributed by atoms with van der Waals surface area (Å²) in [5.41, 5.74) is 8.58. The Hall–Kier alpha value is -1.52. The Morgan fingerprint density at radius 2 is 1.78 bits per heavy atom. The maximum atomic E-state index is 5.57. The summed E-state index contributed by atoms with van der Waals surface area (Å²) in [6, 6.07) is 16.0. The van der Waals surface area contributed by atoms with Crippen LogP contribution >= 0.6 is 24.0 Å². The minimum atomic E-state index is 0.422. The molecular weight excluding hydrogens is 260 g/mol. The molecule has 2 nitrogen and oxygen atoms in total. The molecule has 0 spiro atoms. The van der Waals surface area contributed by atoms with Gasteiger partial charge in [0.25, 0.3) is 0 Å². The number of hydrogen-bond acceptors (Lipinski definition) is 3. The van der Waals surface area contributed by atoms with Crippen LogP contribution < -0.4 is 11.1 Å². The van der Waals surface area contributed by atoms with Gasteiger partial charge in [-0.3, -0.25) is 0 Å². The largest absolute Gasteiger partial charge is 0.389 e. The monoisotopic (exact) mass is 274 g/mol. The molecule has 0 aliphatic rings. The van der Waals surface area contributed by atoms with Gasteiger partial charge in [-0.05, 0) is 42.7 Å². The molecule has 0 fully saturated rings. The van der Waals surface area contributed by atoms with E-state index < -0.39 is 0 Å². The highest BCUT2D eigenvalue weighted by Crippen LogP contribution is 2.27. The maximum Gasteiger partial charge on any atom is 0.103 e. The Kier molecular flexibility index (Phi) is 4.23. The first-order valence-electron chi connectivity index (χ1n) is 5.50. The van der Waals surface area contributed by atoms with Crippen molar-refractivity contribution in [3.63, 3.8) is 0 Å². The normalized spacial score (nSPS) is 10.1. The van der Waals surface area contributed by atoms with Gasteiger partial charge in [0.2, 0.25) is 0 Å². The molecule has 0 radical (unpaired) electrons. The lowest BCUT2D eigenvalue weighted by Crippen LogP contribution is -2.08. The van der Waals surface area contributed by atoms with Gasteiger partial charge in [-0.15, -0.1) is 11.8 Å². The molecule has 0 atom stereocenters. The lowest BCUT2D eigenvalue weighted by Gasteiger charge is -2.10. The van der Waals surface area contributed by atoms with Gasteiger partial charge in [-0.2, -0.15) is 0 Å². The van der Waals surface area contributed by atoms with E-state index in [1.54, 1.807) is 11.8 Å². The zero-order valence-electron chi connectivity index (χ0n) is 10.0. The van der Waals surface area contributed by atoms with Crippen molar-refractivity contribution in [2.75, 3.05) is 11.6 Å². The van der Waals surface area contributed by atoms with Crippen LogP contribution in [0.4, 0.5) is 11.4 Å². The molecule has 0 amide bonds. The first-order chi connectivity index (χ1) is 8.70. The van der Waals surface area contributed by atoms with E-state index in [2.05, 4.69) is 23.7 Å². The Balaban J connectivity index is 2.21. The molecule has 0 bridgehead atoms. The predicted molar refractivity (Wildman–Crippen MR) is 83.8 cm³/mol. The van der Waals surface area contributed by atoms with Crippen LogP contribution in [-0.2, 0) is 0 Å². The van der Waals surface area contributed by atoms with Crippen LogP contribution in [0, 0.1) is 0 Å². The summed E-state index contributed by atoms with van der Waals surface area (Å²) in [6.45, 7) is 0. The van der Waals surface area contributed by atoms with E-state index in [-0.39, 0.29) is 0 Å². The lowest BCUT2D eigenvalue weighted by molar-refractivity contribution is 1.41. The van der Waals surface area contributed by atoms with Crippen LogP contribution in [0.2, 0.25) is 0 Å². The summed E-state index contributed by atoms with van der Waals surface area (Å²) in [7, 11) is 0. The number of nitrogens with two attached hydrogens (primary N) is 1. The van der Waals surface area contributed by atoms with Crippen molar-refractivity contribution < 1.29 is 0 Å². The van der Waals surface area contributed by atoms with Gasteiger partial charge in [0.05, 0.1) is 5.69 Å². The van der Waals surface area contributed by atoms with Crippen LogP contribution in [0.1, 0.15) is 5.56 Å². The third-order valence-corrected chi connectivity index (χ3v) is 3.59. The number of para-hydroxylation sites is 1. The number of hydrogen-bond donors (Lipinski definition) is 2. The van der Waals surface area contributed by atoms with Crippen LogP contribution in [-0.4, -0.2) is 11.2 Å². The molecule has 2 aromatic carbocycles. The fourth-order valence-electron chi connectivity index (χ4n) is 1.62. The van der Waals surface area contributed by atoms with E-state index in [4.69, 9.17) is 18.0 Å². The average molecular weight is 274 g/mol. The Labute approximate surface area is 117 Å². The molecular formula is C14H14N2S2. The third-order valence-electron chi connectivity index (χ3n) is 2.56. The van der Waals surface area contributed by atoms with Crippen molar-refractivity contribution in [1.29, 1.82) is 0 Å². The quantitative estimate of drug-likeness (QED) is 0.657. The zero-order chi connectivity index (χ0) is 13.0. The highest BCUT2D eigenvalue weighted by molar-refractivity contribution is 7.98. The van der Waals surface area contributed by atoms with E-state index in [9.17, 15) is 0 Å². The van der Waals surface area contributed by atoms with Crippen molar-refractivity contribution in [3.05, 3.63) is 54.1 Å². The van der Waals surface area contributed by atoms with E-state index >= 15 is 0 Å². The molecule has 3 N–H and O–H groups in total. The van der Waals surface area contributed by atoms with Crippen molar-refractivity contribution in [1.82, 2.24) is 0 Å². The lowest BCUT2D eigenvalue weighted by atomic mass is 10.2. The predicted octanol–water partition coefficient (Wildman–Crippen LogP) is 3.79. The molecule has 0 aromatic heterocycles. The van der Waals surface area contributed by atoms with Crippen molar-refractivity contribution in [2.45, 2.75) is 4.90 Å². The van der Waals surface area contributed by atoms with Crippen LogP contribution in [0.25, 0.3) is 0 Å². The second-order valence-electron chi connectivity index (χ2n) is 3.77. The van der Waals surface area contributed by atoms with Gasteiger partial charge in [0.15, 0.2) is 0 Å². The average Bonchev–Trinajstić information content (AvgIpc) is 2.40. The van der Waals surface area contributed by atoms with Gasteiger partial charge < -0.3 is 11.1 Å². The first kappa shape index (κ1) is 12.9. The number of thiocarbonyl (C=S) groups is 1. The smallest absolute Gasteiger partial charge is 0.103 e. The maximum absolute atomic E-state index is 5.57. The van der Waals surface area contributed by atoms with Crippen LogP contribution in [0.5, 0.6) is 0 Å². The van der Waals surface area contributed by atoms with Gasteiger partial charge in [-0.25, -0.2) is 0 Å². The molecule has 4 heteroatoms. The first-order valence-corrected chi connectivity index (χ1v) is 7.14. The van der Waals surface area contributed by atoms with E-state index in [1.165, 1.54) is 4.90 Å². The number of nitrogens with one attached hydrogen (secondary N) is 1. The molecule has 0 saturated carbocycles. The molecule has 2 rings (SSSR count). The van der Waals surface area contributed by atoms with Crippen molar-refractivity contribution in [3.8, 4) is 0 Å².